The topological polar surface area (TPSA) is 46.3 Å². The van der Waals surface area contributed by atoms with Crippen molar-refractivity contribution in [2.75, 3.05) is 0 Å². The van der Waals surface area contributed by atoms with Crippen LogP contribution in [0.5, 0.6) is 0 Å². The number of nitrogens with two attached hydrogens (primary N) is 1. The average Bonchev–Trinajstić information content (AvgIpc) is 3.37. The van der Waals surface area contributed by atoms with E-state index in [9.17, 15) is 4.79 Å². The van der Waals surface area contributed by atoms with Gasteiger partial charge in [0.05, 0.1) is 0 Å². The van der Waals surface area contributed by atoms with Gasteiger partial charge in [-0.15, -0.1) is 0 Å². The van der Waals surface area contributed by atoms with Gasteiger partial charge in [0.25, 0.3) is 0 Å². The van der Waals surface area contributed by atoms with Crippen LogP contribution in [0.1, 0.15) is 44.6 Å². The van der Waals surface area contributed by atoms with Crippen molar-refractivity contribution < 1.29 is 4.79 Å². The number of hydrogen-bond acceptors (Lipinski definition) is 2. The summed E-state index contributed by atoms with van der Waals surface area (Å²) in [7, 11) is 0. The molecule has 1 aromatic rings. The number of rotatable bonds is 7. The average molecular weight is 286 g/mol. The van der Waals surface area contributed by atoms with Crippen molar-refractivity contribution in [3.63, 3.8) is 0 Å². The highest BCUT2D eigenvalue weighted by atomic mass is 16.2. The third-order valence-electron chi connectivity index (χ3n) is 4.95. The van der Waals surface area contributed by atoms with Crippen LogP contribution in [-0.4, -0.2) is 22.9 Å². The zero-order valence-corrected chi connectivity index (χ0v) is 12.9. The van der Waals surface area contributed by atoms with Crippen molar-refractivity contribution in [2.24, 2.45) is 17.6 Å². The van der Waals surface area contributed by atoms with Crippen molar-refractivity contribution in [2.45, 2.75) is 57.7 Å². The molecule has 2 aliphatic rings. The van der Waals surface area contributed by atoms with Gasteiger partial charge in [0, 0.05) is 25.0 Å². The molecule has 0 aliphatic heterocycles. The van der Waals surface area contributed by atoms with Gasteiger partial charge in [-0.1, -0.05) is 30.3 Å². The Morgan fingerprint density at radius 2 is 1.81 bits per heavy atom. The Hall–Kier alpha value is -1.35. The molecular weight excluding hydrogens is 260 g/mol. The summed E-state index contributed by atoms with van der Waals surface area (Å²) in [6, 6.07) is 10.7. The highest BCUT2D eigenvalue weighted by molar-refractivity contribution is 5.77. The molecule has 2 fully saturated rings. The van der Waals surface area contributed by atoms with Crippen molar-refractivity contribution in [1.82, 2.24) is 4.90 Å². The molecule has 2 N–H and O–H groups in total. The molecule has 0 bridgehead atoms. The lowest BCUT2D eigenvalue weighted by molar-refractivity contribution is -0.134. The standard InChI is InChI=1S/C18H26N2O/c1-13(15-7-8-15)20(12-14-5-3-2-4-6-14)18(21)11-17(19)16-9-10-16/h2-6,13,15-17H,7-12,19H2,1H3. The minimum atomic E-state index is 0.0576. The number of benzene rings is 1. The highest BCUT2D eigenvalue weighted by Gasteiger charge is 2.36. The van der Waals surface area contributed by atoms with Crippen molar-refractivity contribution in [3.8, 4) is 0 Å². The largest absolute Gasteiger partial charge is 0.335 e. The first-order valence-electron chi connectivity index (χ1n) is 8.24. The van der Waals surface area contributed by atoms with Crippen molar-refractivity contribution in [3.05, 3.63) is 35.9 Å². The van der Waals surface area contributed by atoms with Crippen LogP contribution in [0, 0.1) is 11.8 Å². The van der Waals surface area contributed by atoms with Gasteiger partial charge in [0.15, 0.2) is 0 Å². The molecule has 21 heavy (non-hydrogen) atoms. The molecule has 0 saturated heterocycles. The Balaban J connectivity index is 1.67. The Morgan fingerprint density at radius 3 is 2.38 bits per heavy atom. The van der Waals surface area contributed by atoms with Crippen molar-refractivity contribution in [1.29, 1.82) is 0 Å². The maximum atomic E-state index is 12.7. The number of amides is 1. The Labute approximate surface area is 127 Å². The van der Waals surface area contributed by atoms with Crippen LogP contribution in [0.4, 0.5) is 0 Å². The first-order valence-corrected chi connectivity index (χ1v) is 8.24. The summed E-state index contributed by atoms with van der Waals surface area (Å²) in [5.74, 6) is 1.51. The fourth-order valence-corrected chi connectivity index (χ4v) is 3.08. The summed E-state index contributed by atoms with van der Waals surface area (Å²) in [6.07, 6.45) is 5.42. The third-order valence-corrected chi connectivity index (χ3v) is 4.95. The molecule has 2 saturated carbocycles. The fourth-order valence-electron chi connectivity index (χ4n) is 3.08. The van der Waals surface area contributed by atoms with E-state index >= 15 is 0 Å². The molecule has 1 aromatic carbocycles. The molecule has 3 nitrogen and oxygen atoms in total. The third kappa shape index (κ3) is 3.85. The number of nitrogens with zero attached hydrogens (tertiary/aromatic N) is 1. The lowest BCUT2D eigenvalue weighted by Crippen LogP contribution is -2.42. The SMILES string of the molecule is CC(C1CC1)N(Cc1ccccc1)C(=O)CC(N)C1CC1. The van der Waals surface area contributed by atoms with E-state index in [0.29, 0.717) is 30.8 Å². The van der Waals surface area contributed by atoms with E-state index in [1.54, 1.807) is 0 Å². The van der Waals surface area contributed by atoms with E-state index in [0.717, 1.165) is 0 Å². The quantitative estimate of drug-likeness (QED) is 0.837. The van der Waals surface area contributed by atoms with E-state index in [1.807, 2.05) is 18.2 Å². The smallest absolute Gasteiger partial charge is 0.224 e. The van der Waals surface area contributed by atoms with E-state index in [-0.39, 0.29) is 11.9 Å². The molecule has 2 aliphatic carbocycles. The van der Waals surface area contributed by atoms with E-state index < -0.39 is 0 Å². The highest BCUT2D eigenvalue weighted by Crippen LogP contribution is 2.37. The molecular formula is C18H26N2O. The predicted molar refractivity (Wildman–Crippen MR) is 84.5 cm³/mol. The number of hydrogen-bond donors (Lipinski definition) is 1. The summed E-state index contributed by atoms with van der Waals surface area (Å²) >= 11 is 0. The lowest BCUT2D eigenvalue weighted by atomic mass is 10.1. The second-order valence-corrected chi connectivity index (χ2v) is 6.79. The van der Waals surface area contributed by atoms with E-state index in [2.05, 4.69) is 24.0 Å². The molecule has 2 atom stereocenters. The van der Waals surface area contributed by atoms with Gasteiger partial charge in [-0.2, -0.15) is 0 Å². The Morgan fingerprint density at radius 1 is 1.19 bits per heavy atom. The molecule has 0 aromatic heterocycles. The molecule has 0 spiro atoms. The maximum absolute atomic E-state index is 12.7. The van der Waals surface area contributed by atoms with Gasteiger partial charge in [0.2, 0.25) is 5.91 Å². The summed E-state index contributed by atoms with van der Waals surface area (Å²) in [6.45, 7) is 2.91. The Kier molecular flexibility index (Phi) is 4.29. The first kappa shape index (κ1) is 14.6. The molecule has 0 radical (unpaired) electrons. The van der Waals surface area contributed by atoms with Crippen LogP contribution in [0.15, 0.2) is 30.3 Å². The van der Waals surface area contributed by atoms with Gasteiger partial charge >= 0.3 is 0 Å². The molecule has 2 unspecified atom stereocenters. The second kappa shape index (κ2) is 6.18. The fraction of sp³-hybridized carbons (Fsp3) is 0.611. The second-order valence-electron chi connectivity index (χ2n) is 6.79. The summed E-state index contributed by atoms with van der Waals surface area (Å²) in [5.41, 5.74) is 7.36. The van der Waals surface area contributed by atoms with Crippen LogP contribution in [0.25, 0.3) is 0 Å². The normalized spacial score (nSPS) is 20.9. The lowest BCUT2D eigenvalue weighted by Gasteiger charge is -2.30. The van der Waals surface area contributed by atoms with Gasteiger partial charge in [-0.25, -0.2) is 0 Å². The predicted octanol–water partition coefficient (Wildman–Crippen LogP) is 2.94. The van der Waals surface area contributed by atoms with Crippen LogP contribution in [0.2, 0.25) is 0 Å². The van der Waals surface area contributed by atoms with Crippen LogP contribution in [-0.2, 0) is 11.3 Å². The van der Waals surface area contributed by atoms with Gasteiger partial charge in [0.1, 0.15) is 0 Å². The summed E-state index contributed by atoms with van der Waals surface area (Å²) < 4.78 is 0. The van der Waals surface area contributed by atoms with Crippen LogP contribution >= 0.6 is 0 Å². The molecule has 3 rings (SSSR count). The van der Waals surface area contributed by atoms with Gasteiger partial charge in [-0.3, -0.25) is 4.79 Å². The first-order chi connectivity index (χ1) is 10.1. The van der Waals surface area contributed by atoms with Gasteiger partial charge in [-0.05, 0) is 50.0 Å². The van der Waals surface area contributed by atoms with Gasteiger partial charge < -0.3 is 10.6 Å². The minimum absolute atomic E-state index is 0.0576. The molecule has 1 amide bonds. The van der Waals surface area contributed by atoms with Crippen LogP contribution < -0.4 is 5.73 Å². The zero-order chi connectivity index (χ0) is 14.8. The maximum Gasteiger partial charge on any atom is 0.224 e. The summed E-state index contributed by atoms with van der Waals surface area (Å²) in [4.78, 5) is 14.8. The monoisotopic (exact) mass is 286 g/mol. The van der Waals surface area contributed by atoms with Crippen LogP contribution in [0.3, 0.4) is 0 Å². The van der Waals surface area contributed by atoms with E-state index in [1.165, 1.54) is 31.2 Å². The molecule has 3 heteroatoms. The summed E-state index contributed by atoms with van der Waals surface area (Å²) in [5, 5.41) is 0. The molecule has 114 valence electrons. The zero-order valence-electron chi connectivity index (χ0n) is 12.9. The molecule has 0 heterocycles. The van der Waals surface area contributed by atoms with E-state index in [4.69, 9.17) is 5.73 Å². The Bertz CT molecular complexity index is 479. The number of carbonyl (C=O) groups is 1. The number of carbonyl (C=O) groups excluding carboxylic acids is 1. The van der Waals surface area contributed by atoms with Crippen molar-refractivity contribution >= 4 is 5.91 Å². The minimum Gasteiger partial charge on any atom is -0.335 e.